The number of aliphatic hydroxyl groups excluding tert-OH is 1. The van der Waals surface area contributed by atoms with Gasteiger partial charge in [0.2, 0.25) is 0 Å². The molecule has 1 N–H and O–H groups in total. The van der Waals surface area contributed by atoms with E-state index in [9.17, 15) is 5.11 Å². The molecule has 0 aromatic heterocycles. The molecule has 0 radical (unpaired) electrons. The predicted molar refractivity (Wildman–Crippen MR) is 81.3 cm³/mol. The second kappa shape index (κ2) is 6.99. The van der Waals surface area contributed by atoms with E-state index in [4.69, 9.17) is 14.2 Å². The summed E-state index contributed by atoms with van der Waals surface area (Å²) in [5.41, 5.74) is 0.633. The second-order valence-electron chi connectivity index (χ2n) is 4.55. The fourth-order valence-electron chi connectivity index (χ4n) is 2.10. The summed E-state index contributed by atoms with van der Waals surface area (Å²) in [5, 5.41) is 9.93. The average molecular weight is 288 g/mol. The lowest BCUT2D eigenvalue weighted by Crippen LogP contribution is -2.00. The van der Waals surface area contributed by atoms with Crippen LogP contribution in [0.2, 0.25) is 0 Å². The van der Waals surface area contributed by atoms with Crippen LogP contribution in [0, 0.1) is 0 Å². The molecule has 4 heteroatoms. The van der Waals surface area contributed by atoms with E-state index in [0.29, 0.717) is 29.4 Å². The summed E-state index contributed by atoms with van der Waals surface area (Å²) < 4.78 is 16.5. The zero-order valence-corrected chi connectivity index (χ0v) is 12.5. The van der Waals surface area contributed by atoms with Gasteiger partial charge in [-0.2, -0.15) is 0 Å². The van der Waals surface area contributed by atoms with Crippen molar-refractivity contribution in [1.82, 2.24) is 0 Å². The molecule has 0 saturated heterocycles. The van der Waals surface area contributed by atoms with Crippen LogP contribution in [0.5, 0.6) is 23.0 Å². The highest BCUT2D eigenvalue weighted by Gasteiger charge is 2.15. The van der Waals surface area contributed by atoms with Crippen LogP contribution >= 0.6 is 0 Å². The van der Waals surface area contributed by atoms with E-state index in [1.807, 2.05) is 37.3 Å². The van der Waals surface area contributed by atoms with E-state index in [-0.39, 0.29) is 0 Å². The molecule has 0 unspecified atom stereocenters. The Morgan fingerprint density at radius 2 is 1.62 bits per heavy atom. The van der Waals surface area contributed by atoms with Crippen molar-refractivity contribution in [3.63, 3.8) is 0 Å². The van der Waals surface area contributed by atoms with Crippen LogP contribution in [-0.4, -0.2) is 18.8 Å². The molecule has 0 spiro atoms. The molecule has 0 saturated carbocycles. The van der Waals surface area contributed by atoms with Crippen LogP contribution in [0.15, 0.2) is 42.5 Å². The first-order valence-corrected chi connectivity index (χ1v) is 6.91. The summed E-state index contributed by atoms with van der Waals surface area (Å²) >= 11 is 0. The molecule has 2 aromatic rings. The molecule has 4 nitrogen and oxygen atoms in total. The zero-order valence-electron chi connectivity index (χ0n) is 12.5. The van der Waals surface area contributed by atoms with Crippen molar-refractivity contribution in [2.24, 2.45) is 0 Å². The van der Waals surface area contributed by atoms with Gasteiger partial charge >= 0.3 is 0 Å². The fraction of sp³-hybridized carbons (Fsp3) is 0.294. The van der Waals surface area contributed by atoms with Gasteiger partial charge in [0.05, 0.1) is 25.4 Å². The Kier molecular flexibility index (Phi) is 5.06. The number of hydrogen-bond acceptors (Lipinski definition) is 4. The number of methoxy groups -OCH3 is 1. The van der Waals surface area contributed by atoms with Crippen LogP contribution in [0.4, 0.5) is 0 Å². The first kappa shape index (κ1) is 15.2. The maximum absolute atomic E-state index is 9.93. The normalized spacial score (nSPS) is 11.8. The summed E-state index contributed by atoms with van der Waals surface area (Å²) in [5.74, 6) is 2.65. The molecule has 0 amide bonds. The van der Waals surface area contributed by atoms with Crippen molar-refractivity contribution < 1.29 is 19.3 Å². The number of benzene rings is 2. The number of rotatable bonds is 6. The van der Waals surface area contributed by atoms with E-state index in [0.717, 1.165) is 5.75 Å². The topological polar surface area (TPSA) is 47.9 Å². The minimum absolute atomic E-state index is 0.577. The van der Waals surface area contributed by atoms with Gasteiger partial charge in [-0.1, -0.05) is 6.07 Å². The number of aliphatic hydroxyl groups is 1. The highest BCUT2D eigenvalue weighted by molar-refractivity contribution is 5.48. The van der Waals surface area contributed by atoms with Gasteiger partial charge in [0.25, 0.3) is 0 Å². The molecule has 2 rings (SSSR count). The summed E-state index contributed by atoms with van der Waals surface area (Å²) in [7, 11) is 1.57. The lowest BCUT2D eigenvalue weighted by atomic mass is 10.1. The maximum atomic E-state index is 9.93. The van der Waals surface area contributed by atoms with Gasteiger partial charge in [-0.15, -0.1) is 0 Å². The summed E-state index contributed by atoms with van der Waals surface area (Å²) in [6.07, 6.45) is -0.682. The van der Waals surface area contributed by atoms with Gasteiger partial charge in [-0.25, -0.2) is 0 Å². The van der Waals surface area contributed by atoms with Crippen LogP contribution in [0.1, 0.15) is 25.5 Å². The van der Waals surface area contributed by atoms with Crippen molar-refractivity contribution in [2.75, 3.05) is 13.7 Å². The van der Waals surface area contributed by atoms with Crippen LogP contribution < -0.4 is 14.2 Å². The molecule has 0 aliphatic heterocycles. The first-order valence-electron chi connectivity index (χ1n) is 6.91. The van der Waals surface area contributed by atoms with Crippen LogP contribution in [0.25, 0.3) is 0 Å². The van der Waals surface area contributed by atoms with Crippen molar-refractivity contribution in [3.8, 4) is 23.0 Å². The smallest absolute Gasteiger partial charge is 0.136 e. The van der Waals surface area contributed by atoms with E-state index in [1.165, 1.54) is 0 Å². The molecule has 0 aliphatic carbocycles. The first-order chi connectivity index (χ1) is 10.2. The summed E-state index contributed by atoms with van der Waals surface area (Å²) in [6, 6.07) is 12.8. The SMILES string of the molecule is CCOc1ccc(Oc2cccc(OC)c2[C@@H](C)O)cc1. The third-order valence-corrected chi connectivity index (χ3v) is 3.03. The van der Waals surface area contributed by atoms with Crippen molar-refractivity contribution >= 4 is 0 Å². The van der Waals surface area contributed by atoms with Crippen molar-refractivity contribution in [1.29, 1.82) is 0 Å². The minimum Gasteiger partial charge on any atom is -0.496 e. The molecule has 21 heavy (non-hydrogen) atoms. The Hall–Kier alpha value is -2.20. The number of ether oxygens (including phenoxy) is 3. The largest absolute Gasteiger partial charge is 0.496 e. The highest BCUT2D eigenvalue weighted by Crippen LogP contribution is 2.36. The molecule has 2 aromatic carbocycles. The van der Waals surface area contributed by atoms with Gasteiger partial charge in [0, 0.05) is 0 Å². The Morgan fingerprint density at radius 3 is 2.19 bits per heavy atom. The summed E-state index contributed by atoms with van der Waals surface area (Å²) in [6.45, 7) is 4.25. The number of hydrogen-bond donors (Lipinski definition) is 1. The lowest BCUT2D eigenvalue weighted by Gasteiger charge is -2.16. The average Bonchev–Trinajstić information content (AvgIpc) is 2.49. The monoisotopic (exact) mass is 288 g/mol. The van der Waals surface area contributed by atoms with Gasteiger partial charge in [-0.3, -0.25) is 0 Å². The Balaban J connectivity index is 2.26. The molecule has 0 heterocycles. The quantitative estimate of drug-likeness (QED) is 0.874. The molecule has 0 fully saturated rings. The standard InChI is InChI=1S/C17H20O4/c1-4-20-13-8-10-14(11-9-13)21-16-7-5-6-15(19-3)17(16)12(2)18/h5-12,18H,4H2,1-3H3/t12-/m1/s1. The van der Waals surface area contributed by atoms with Crippen molar-refractivity contribution in [3.05, 3.63) is 48.0 Å². The second-order valence-corrected chi connectivity index (χ2v) is 4.55. The van der Waals surface area contributed by atoms with Crippen LogP contribution in [0.3, 0.4) is 0 Å². The van der Waals surface area contributed by atoms with E-state index >= 15 is 0 Å². The van der Waals surface area contributed by atoms with Gasteiger partial charge in [0.15, 0.2) is 0 Å². The Morgan fingerprint density at radius 1 is 1.00 bits per heavy atom. The van der Waals surface area contributed by atoms with Gasteiger partial charge in [0.1, 0.15) is 23.0 Å². The third kappa shape index (κ3) is 3.67. The van der Waals surface area contributed by atoms with Gasteiger partial charge in [-0.05, 0) is 50.2 Å². The Bertz CT molecular complexity index is 576. The maximum Gasteiger partial charge on any atom is 0.136 e. The molecule has 1 atom stereocenters. The molecule has 0 aliphatic rings. The zero-order chi connectivity index (χ0) is 15.2. The van der Waals surface area contributed by atoms with E-state index < -0.39 is 6.10 Å². The predicted octanol–water partition coefficient (Wildman–Crippen LogP) is 3.94. The van der Waals surface area contributed by atoms with E-state index in [2.05, 4.69) is 0 Å². The fourth-order valence-corrected chi connectivity index (χ4v) is 2.10. The lowest BCUT2D eigenvalue weighted by molar-refractivity contribution is 0.190. The highest BCUT2D eigenvalue weighted by atomic mass is 16.5. The molecular formula is C17H20O4. The van der Waals surface area contributed by atoms with E-state index in [1.54, 1.807) is 26.2 Å². The molecule has 112 valence electrons. The minimum atomic E-state index is -0.682. The summed E-state index contributed by atoms with van der Waals surface area (Å²) in [4.78, 5) is 0. The third-order valence-electron chi connectivity index (χ3n) is 3.03. The Labute approximate surface area is 124 Å². The van der Waals surface area contributed by atoms with Gasteiger partial charge < -0.3 is 19.3 Å². The van der Waals surface area contributed by atoms with Crippen molar-refractivity contribution in [2.45, 2.75) is 20.0 Å². The molecular weight excluding hydrogens is 268 g/mol. The van der Waals surface area contributed by atoms with Crippen LogP contribution in [-0.2, 0) is 0 Å². The molecule has 0 bridgehead atoms.